The Morgan fingerprint density at radius 3 is 1.06 bits per heavy atom. The molecule has 1 heterocycles. The number of nitrogens with zero attached hydrogens (tertiary/aromatic N) is 1. The van der Waals surface area contributed by atoms with Gasteiger partial charge in [0.25, 0.3) is 0 Å². The highest BCUT2D eigenvalue weighted by molar-refractivity contribution is 6.32. The van der Waals surface area contributed by atoms with Crippen LogP contribution in [-0.2, 0) is 0 Å². The topological polar surface area (TPSA) is 16.4 Å². The number of furan rings is 1. The average molecular weight is 816 g/mol. The molecule has 0 amide bonds. The third-order valence-corrected chi connectivity index (χ3v) is 12.7. The molecule has 300 valence electrons. The number of hydrogen-bond acceptors (Lipinski definition) is 2. The second-order valence-electron chi connectivity index (χ2n) is 16.4. The fourth-order valence-corrected chi connectivity index (χ4v) is 9.51. The molecule has 0 aliphatic heterocycles. The summed E-state index contributed by atoms with van der Waals surface area (Å²) in [6.07, 6.45) is 0. The fourth-order valence-electron chi connectivity index (χ4n) is 9.51. The van der Waals surface area contributed by atoms with Gasteiger partial charge in [-0.1, -0.05) is 200 Å². The maximum atomic E-state index is 7.04. The maximum Gasteiger partial charge on any atom is 0.143 e. The molecule has 0 radical (unpaired) electrons. The highest BCUT2D eigenvalue weighted by Gasteiger charge is 2.21. The number of rotatable bonds is 8. The number of fused-ring (bicyclic) bond motifs is 8. The van der Waals surface area contributed by atoms with E-state index < -0.39 is 0 Å². The quantitative estimate of drug-likeness (QED) is 0.142. The van der Waals surface area contributed by atoms with Gasteiger partial charge in [0.1, 0.15) is 11.2 Å². The lowest BCUT2D eigenvalue weighted by atomic mass is 9.91. The van der Waals surface area contributed by atoms with Crippen LogP contribution in [0, 0.1) is 0 Å². The minimum absolute atomic E-state index is 0.874. The first kappa shape index (κ1) is 37.3. The van der Waals surface area contributed by atoms with E-state index in [1.54, 1.807) is 0 Å². The lowest BCUT2D eigenvalue weighted by molar-refractivity contribution is 0.673. The summed E-state index contributed by atoms with van der Waals surface area (Å²) in [6, 6.07) is 89.4. The van der Waals surface area contributed by atoms with Gasteiger partial charge in [-0.05, 0) is 120 Å². The standard InChI is InChI=1S/C62H41NO/c1-4-14-42(15-5-1)45-24-26-48(27-25-45)50-40-58(60-59(41-50)64-62-57-23-13-11-21-55(57)54-20-10-12-22-56(54)61(60)62)49-32-38-53(39-33-49)63(51-34-28-46(29-35-51)43-16-6-2-7-17-43)52-36-30-47(31-37-52)44-18-8-3-9-19-44/h1-41H. The van der Waals surface area contributed by atoms with Crippen molar-refractivity contribution in [2.24, 2.45) is 0 Å². The molecule has 0 unspecified atom stereocenters. The van der Waals surface area contributed by atoms with Crippen molar-refractivity contribution in [3.05, 3.63) is 249 Å². The number of anilines is 3. The molecule has 0 aliphatic carbocycles. The summed E-state index contributed by atoms with van der Waals surface area (Å²) in [5.41, 5.74) is 16.7. The Morgan fingerprint density at radius 2 is 0.594 bits per heavy atom. The molecule has 0 atom stereocenters. The molecular formula is C62H41NO. The second-order valence-corrected chi connectivity index (χ2v) is 16.4. The summed E-state index contributed by atoms with van der Waals surface area (Å²) >= 11 is 0. The molecule has 1 aromatic heterocycles. The van der Waals surface area contributed by atoms with E-state index in [-0.39, 0.29) is 0 Å². The first-order chi connectivity index (χ1) is 31.7. The molecule has 0 fully saturated rings. The van der Waals surface area contributed by atoms with E-state index in [4.69, 9.17) is 4.42 Å². The van der Waals surface area contributed by atoms with Crippen LogP contribution in [0.15, 0.2) is 253 Å². The first-order valence-corrected chi connectivity index (χ1v) is 21.9. The van der Waals surface area contributed by atoms with Crippen LogP contribution >= 0.6 is 0 Å². The van der Waals surface area contributed by atoms with E-state index in [2.05, 4.69) is 254 Å². The van der Waals surface area contributed by atoms with Crippen molar-refractivity contribution in [2.45, 2.75) is 0 Å². The normalized spacial score (nSPS) is 11.4. The van der Waals surface area contributed by atoms with Gasteiger partial charge in [0.15, 0.2) is 0 Å². The Kier molecular flexibility index (Phi) is 9.20. The summed E-state index contributed by atoms with van der Waals surface area (Å²) in [5.74, 6) is 0. The van der Waals surface area contributed by atoms with Gasteiger partial charge >= 0.3 is 0 Å². The molecule has 0 N–H and O–H groups in total. The summed E-state index contributed by atoms with van der Waals surface area (Å²) in [4.78, 5) is 2.35. The summed E-state index contributed by atoms with van der Waals surface area (Å²) < 4.78 is 7.04. The van der Waals surface area contributed by atoms with Gasteiger partial charge in [-0.25, -0.2) is 0 Å². The largest absolute Gasteiger partial charge is 0.455 e. The molecule has 0 aliphatic rings. The summed E-state index contributed by atoms with van der Waals surface area (Å²) in [7, 11) is 0. The van der Waals surface area contributed by atoms with Crippen molar-refractivity contribution < 1.29 is 4.42 Å². The predicted octanol–water partition coefficient (Wildman–Crippen LogP) is 17.7. The SMILES string of the molecule is c1ccc(-c2ccc(-c3cc(-c4ccc(N(c5ccc(-c6ccccc6)cc5)c5ccc(-c6ccccc6)cc5)cc4)c4c(c3)oc3c5ccccc5c5ccccc5c34)cc2)cc1. The fraction of sp³-hybridized carbons (Fsp3) is 0. The molecule has 0 saturated carbocycles. The number of benzene rings is 11. The molecule has 2 heteroatoms. The molecule has 0 spiro atoms. The van der Waals surface area contributed by atoms with Crippen molar-refractivity contribution >= 4 is 60.5 Å². The third-order valence-electron chi connectivity index (χ3n) is 12.7. The van der Waals surface area contributed by atoms with Gasteiger partial charge in [-0.3, -0.25) is 0 Å². The molecular weight excluding hydrogens is 775 g/mol. The Balaban J connectivity index is 1.02. The van der Waals surface area contributed by atoms with Gasteiger partial charge in [-0.2, -0.15) is 0 Å². The highest BCUT2D eigenvalue weighted by Crippen LogP contribution is 2.47. The Labute approximate surface area is 372 Å². The van der Waals surface area contributed by atoms with Crippen LogP contribution in [-0.4, -0.2) is 0 Å². The average Bonchev–Trinajstić information content (AvgIpc) is 3.78. The van der Waals surface area contributed by atoms with Crippen molar-refractivity contribution in [1.82, 2.24) is 0 Å². The maximum absolute atomic E-state index is 7.04. The van der Waals surface area contributed by atoms with Crippen molar-refractivity contribution in [3.63, 3.8) is 0 Å². The van der Waals surface area contributed by atoms with E-state index in [9.17, 15) is 0 Å². The minimum atomic E-state index is 0.874. The van der Waals surface area contributed by atoms with Crippen LogP contribution < -0.4 is 4.90 Å². The van der Waals surface area contributed by atoms with Crippen LogP contribution in [0.3, 0.4) is 0 Å². The summed E-state index contributed by atoms with van der Waals surface area (Å²) in [5, 5.41) is 7.00. The first-order valence-electron chi connectivity index (χ1n) is 21.9. The molecule has 64 heavy (non-hydrogen) atoms. The molecule has 12 aromatic rings. The van der Waals surface area contributed by atoms with E-state index in [0.717, 1.165) is 66.6 Å². The van der Waals surface area contributed by atoms with E-state index >= 15 is 0 Å². The monoisotopic (exact) mass is 815 g/mol. The molecule has 11 aromatic carbocycles. The molecule has 12 rings (SSSR count). The zero-order valence-electron chi connectivity index (χ0n) is 35.0. The van der Waals surface area contributed by atoms with Crippen LogP contribution in [0.25, 0.3) is 99.1 Å². The second kappa shape index (κ2) is 15.8. The van der Waals surface area contributed by atoms with Crippen LogP contribution in [0.5, 0.6) is 0 Å². The molecule has 0 saturated heterocycles. The third kappa shape index (κ3) is 6.61. The van der Waals surface area contributed by atoms with Crippen LogP contribution in [0.4, 0.5) is 17.1 Å². The predicted molar refractivity (Wildman–Crippen MR) is 271 cm³/mol. The van der Waals surface area contributed by atoms with Crippen molar-refractivity contribution in [3.8, 4) is 55.6 Å². The Hall–Kier alpha value is -8.46. The lowest BCUT2D eigenvalue weighted by Gasteiger charge is -2.26. The van der Waals surface area contributed by atoms with Gasteiger partial charge < -0.3 is 9.32 Å². The Bertz CT molecular complexity index is 3510. The van der Waals surface area contributed by atoms with Gasteiger partial charge in [0.05, 0.1) is 0 Å². The van der Waals surface area contributed by atoms with Crippen LogP contribution in [0.1, 0.15) is 0 Å². The zero-order valence-corrected chi connectivity index (χ0v) is 35.0. The molecule has 2 nitrogen and oxygen atoms in total. The highest BCUT2D eigenvalue weighted by atomic mass is 16.3. The van der Waals surface area contributed by atoms with Crippen molar-refractivity contribution in [1.29, 1.82) is 0 Å². The zero-order chi connectivity index (χ0) is 42.4. The van der Waals surface area contributed by atoms with Gasteiger partial charge in [0.2, 0.25) is 0 Å². The lowest BCUT2D eigenvalue weighted by Crippen LogP contribution is -2.09. The van der Waals surface area contributed by atoms with E-state index in [0.29, 0.717) is 0 Å². The Morgan fingerprint density at radius 1 is 0.250 bits per heavy atom. The van der Waals surface area contributed by atoms with Gasteiger partial charge in [-0.15, -0.1) is 0 Å². The summed E-state index contributed by atoms with van der Waals surface area (Å²) in [6.45, 7) is 0. The minimum Gasteiger partial charge on any atom is -0.455 e. The van der Waals surface area contributed by atoms with E-state index in [1.807, 2.05) is 0 Å². The molecule has 0 bridgehead atoms. The van der Waals surface area contributed by atoms with Crippen LogP contribution in [0.2, 0.25) is 0 Å². The van der Waals surface area contributed by atoms with Gasteiger partial charge in [0, 0.05) is 33.2 Å². The van der Waals surface area contributed by atoms with E-state index in [1.165, 1.54) is 49.5 Å². The van der Waals surface area contributed by atoms with Crippen molar-refractivity contribution in [2.75, 3.05) is 4.90 Å². The number of hydrogen-bond donors (Lipinski definition) is 0. The smallest absolute Gasteiger partial charge is 0.143 e.